The van der Waals surface area contributed by atoms with E-state index >= 15 is 0 Å². The standard InChI is InChI=1S/C20H17N3O5S/c1-25-16-6-5-15(13-17(16)26-2)19(24)27-11-3-4-12-29-20-23-22-18(28-20)14-7-9-21-10-8-14/h5-10,13H,11-12H2,1-2H3. The van der Waals surface area contributed by atoms with Crippen LogP contribution in [-0.2, 0) is 4.74 Å². The molecule has 3 aromatic rings. The first-order valence-corrected chi connectivity index (χ1v) is 9.41. The molecule has 0 saturated carbocycles. The van der Waals surface area contributed by atoms with Gasteiger partial charge in [0.1, 0.15) is 0 Å². The van der Waals surface area contributed by atoms with E-state index in [1.54, 1.807) is 42.7 Å². The first-order valence-electron chi connectivity index (χ1n) is 8.43. The van der Waals surface area contributed by atoms with Crippen LogP contribution >= 0.6 is 11.8 Å². The van der Waals surface area contributed by atoms with Gasteiger partial charge in [-0.2, -0.15) is 0 Å². The third-order valence-corrected chi connectivity index (χ3v) is 4.32. The van der Waals surface area contributed by atoms with Gasteiger partial charge in [-0.15, -0.1) is 10.2 Å². The number of nitrogens with zero attached hydrogens (tertiary/aromatic N) is 3. The van der Waals surface area contributed by atoms with Crippen molar-refractivity contribution >= 4 is 17.7 Å². The number of pyridine rings is 1. The predicted molar refractivity (Wildman–Crippen MR) is 106 cm³/mol. The van der Waals surface area contributed by atoms with Crippen molar-refractivity contribution in [3.8, 4) is 34.8 Å². The van der Waals surface area contributed by atoms with Crippen molar-refractivity contribution in [3.63, 3.8) is 0 Å². The Morgan fingerprint density at radius 3 is 2.62 bits per heavy atom. The van der Waals surface area contributed by atoms with Crippen molar-refractivity contribution in [3.05, 3.63) is 48.3 Å². The van der Waals surface area contributed by atoms with Crippen molar-refractivity contribution < 1.29 is 23.4 Å². The number of aromatic nitrogens is 3. The summed E-state index contributed by atoms with van der Waals surface area (Å²) >= 11 is 1.30. The molecule has 0 bridgehead atoms. The SMILES string of the molecule is COc1ccc(C(=O)OCC#CCSc2nnc(-c3ccncc3)o2)cc1OC. The highest BCUT2D eigenvalue weighted by molar-refractivity contribution is 7.99. The lowest BCUT2D eigenvalue weighted by Gasteiger charge is -2.08. The van der Waals surface area contributed by atoms with Crippen LogP contribution in [0.25, 0.3) is 11.5 Å². The summed E-state index contributed by atoms with van der Waals surface area (Å²) in [6.07, 6.45) is 3.31. The zero-order valence-electron chi connectivity index (χ0n) is 15.7. The van der Waals surface area contributed by atoms with E-state index in [4.69, 9.17) is 18.6 Å². The Hall–Kier alpha value is -3.51. The number of rotatable bonds is 7. The van der Waals surface area contributed by atoms with Crippen molar-refractivity contribution in [2.24, 2.45) is 0 Å². The fourth-order valence-corrected chi connectivity index (χ4v) is 2.76. The van der Waals surface area contributed by atoms with Gasteiger partial charge in [0.25, 0.3) is 5.22 Å². The summed E-state index contributed by atoms with van der Waals surface area (Å²) in [4.78, 5) is 16.0. The maximum absolute atomic E-state index is 12.1. The van der Waals surface area contributed by atoms with Gasteiger partial charge in [0.15, 0.2) is 18.1 Å². The molecule has 3 rings (SSSR count). The summed E-state index contributed by atoms with van der Waals surface area (Å²) in [6.45, 7) is -0.0279. The Balaban J connectivity index is 1.45. The highest BCUT2D eigenvalue weighted by Gasteiger charge is 2.11. The van der Waals surface area contributed by atoms with E-state index in [9.17, 15) is 4.79 Å². The Morgan fingerprint density at radius 1 is 1.07 bits per heavy atom. The normalized spacial score (nSPS) is 10.0. The van der Waals surface area contributed by atoms with Gasteiger partial charge in [-0.25, -0.2) is 4.79 Å². The summed E-state index contributed by atoms with van der Waals surface area (Å²) < 4.78 is 21.0. The van der Waals surface area contributed by atoms with Gasteiger partial charge < -0.3 is 18.6 Å². The number of carbonyl (C=O) groups is 1. The number of carbonyl (C=O) groups excluding carboxylic acids is 1. The number of hydrogen-bond acceptors (Lipinski definition) is 9. The highest BCUT2D eigenvalue weighted by atomic mass is 32.2. The lowest BCUT2D eigenvalue weighted by atomic mass is 10.2. The molecule has 1 aromatic carbocycles. The molecule has 29 heavy (non-hydrogen) atoms. The second kappa shape index (κ2) is 10.1. The van der Waals surface area contributed by atoms with Crippen molar-refractivity contribution in [1.29, 1.82) is 0 Å². The summed E-state index contributed by atoms with van der Waals surface area (Å²) in [5.41, 5.74) is 1.15. The summed E-state index contributed by atoms with van der Waals surface area (Å²) in [7, 11) is 3.03. The lowest BCUT2D eigenvalue weighted by Crippen LogP contribution is -2.06. The van der Waals surface area contributed by atoms with E-state index in [1.165, 1.54) is 26.0 Å². The number of methoxy groups -OCH3 is 2. The van der Waals surface area contributed by atoms with E-state index in [-0.39, 0.29) is 6.61 Å². The van der Waals surface area contributed by atoms with Gasteiger partial charge in [0.2, 0.25) is 5.89 Å². The van der Waals surface area contributed by atoms with E-state index < -0.39 is 5.97 Å². The zero-order chi connectivity index (χ0) is 20.5. The largest absolute Gasteiger partial charge is 0.493 e. The highest BCUT2D eigenvalue weighted by Crippen LogP contribution is 2.27. The molecule has 0 fully saturated rings. The molecule has 0 N–H and O–H groups in total. The molecule has 2 heterocycles. The molecule has 148 valence electrons. The molecule has 0 atom stereocenters. The van der Waals surface area contributed by atoms with Gasteiger partial charge in [0, 0.05) is 18.0 Å². The van der Waals surface area contributed by atoms with Crippen LogP contribution in [0.2, 0.25) is 0 Å². The van der Waals surface area contributed by atoms with Crippen LogP contribution in [-0.4, -0.2) is 47.7 Å². The van der Waals surface area contributed by atoms with E-state index in [1.807, 2.05) is 0 Å². The molecule has 0 aliphatic rings. The van der Waals surface area contributed by atoms with Crippen LogP contribution in [0, 0.1) is 11.8 Å². The zero-order valence-corrected chi connectivity index (χ0v) is 16.6. The number of ether oxygens (including phenoxy) is 3. The lowest BCUT2D eigenvalue weighted by molar-refractivity contribution is 0.0556. The third kappa shape index (κ3) is 5.49. The first kappa shape index (κ1) is 20.2. The molecular weight excluding hydrogens is 394 g/mol. The van der Waals surface area contributed by atoms with Gasteiger partial charge in [0.05, 0.1) is 25.5 Å². The van der Waals surface area contributed by atoms with Crippen LogP contribution in [0.4, 0.5) is 0 Å². The Labute approximate surface area is 171 Å². The fourth-order valence-electron chi connectivity index (χ4n) is 2.23. The van der Waals surface area contributed by atoms with Crippen molar-refractivity contribution in [1.82, 2.24) is 15.2 Å². The molecule has 0 saturated heterocycles. The van der Waals surface area contributed by atoms with E-state index in [0.717, 1.165) is 5.56 Å². The van der Waals surface area contributed by atoms with E-state index in [2.05, 4.69) is 27.0 Å². The van der Waals surface area contributed by atoms with Gasteiger partial charge in [-0.3, -0.25) is 4.98 Å². The van der Waals surface area contributed by atoms with Crippen LogP contribution in [0.5, 0.6) is 11.5 Å². The molecule has 0 spiro atoms. The monoisotopic (exact) mass is 411 g/mol. The van der Waals surface area contributed by atoms with E-state index in [0.29, 0.717) is 33.9 Å². The minimum Gasteiger partial charge on any atom is -0.493 e. The summed E-state index contributed by atoms with van der Waals surface area (Å²) in [6, 6.07) is 8.37. The molecule has 0 aliphatic heterocycles. The van der Waals surface area contributed by atoms with Crippen LogP contribution in [0.1, 0.15) is 10.4 Å². The van der Waals surface area contributed by atoms with Gasteiger partial charge >= 0.3 is 5.97 Å². The number of hydrogen-bond donors (Lipinski definition) is 0. The van der Waals surface area contributed by atoms with Crippen LogP contribution < -0.4 is 9.47 Å². The quantitative estimate of drug-likeness (QED) is 0.330. The second-order valence-corrected chi connectivity index (χ2v) is 6.32. The molecule has 0 aliphatic carbocycles. The Morgan fingerprint density at radius 2 is 1.86 bits per heavy atom. The topological polar surface area (TPSA) is 96.6 Å². The maximum Gasteiger partial charge on any atom is 0.339 e. The third-order valence-electron chi connectivity index (χ3n) is 3.62. The first-order chi connectivity index (χ1) is 14.2. The van der Waals surface area contributed by atoms with Gasteiger partial charge in [-0.05, 0) is 30.3 Å². The van der Waals surface area contributed by atoms with Crippen molar-refractivity contribution in [2.75, 3.05) is 26.6 Å². The minimum atomic E-state index is -0.494. The number of esters is 1. The molecule has 9 heteroatoms. The maximum atomic E-state index is 12.1. The fraction of sp³-hybridized carbons (Fsp3) is 0.200. The summed E-state index contributed by atoms with van der Waals surface area (Å²) in [5.74, 6) is 7.00. The Kier molecular flexibility index (Phi) is 7.08. The van der Waals surface area contributed by atoms with Crippen LogP contribution in [0.15, 0.2) is 52.4 Å². The minimum absolute atomic E-state index is 0.0279. The predicted octanol–water partition coefficient (Wildman–Crippen LogP) is 3.10. The average Bonchev–Trinajstić information content (AvgIpc) is 3.25. The van der Waals surface area contributed by atoms with Crippen LogP contribution in [0.3, 0.4) is 0 Å². The van der Waals surface area contributed by atoms with Crippen molar-refractivity contribution in [2.45, 2.75) is 5.22 Å². The molecule has 0 radical (unpaired) electrons. The smallest absolute Gasteiger partial charge is 0.339 e. The molecule has 2 aromatic heterocycles. The summed E-state index contributed by atoms with van der Waals surface area (Å²) in [5, 5.41) is 8.35. The number of benzene rings is 1. The molecule has 8 nitrogen and oxygen atoms in total. The molecule has 0 unspecified atom stereocenters. The Bertz CT molecular complexity index is 1030. The van der Waals surface area contributed by atoms with Gasteiger partial charge in [-0.1, -0.05) is 23.6 Å². The molecular formula is C20H17N3O5S. The number of thioether (sulfide) groups is 1. The molecule has 0 amide bonds. The second-order valence-electron chi connectivity index (χ2n) is 5.40. The average molecular weight is 411 g/mol.